The second-order valence-corrected chi connectivity index (χ2v) is 7.72. The molecular weight excluding hydrogens is 360 g/mol. The number of hydrogen-bond donors (Lipinski definition) is 1. The largest absolute Gasteiger partial charge is 0.397 e. The molecule has 3 aromatic rings. The van der Waals surface area contributed by atoms with Gasteiger partial charge in [0.05, 0.1) is 29.0 Å². The molecule has 2 N–H and O–H groups in total. The zero-order valence-corrected chi connectivity index (χ0v) is 15.8. The summed E-state index contributed by atoms with van der Waals surface area (Å²) >= 11 is 6.40. The number of benzene rings is 1. The van der Waals surface area contributed by atoms with Crippen molar-refractivity contribution >= 4 is 34.1 Å². The maximum absolute atomic E-state index is 12.9. The lowest BCUT2D eigenvalue weighted by molar-refractivity contribution is 0.0606. The topological polar surface area (TPSA) is 72.1 Å². The normalized spacial score (nSPS) is 16.7. The lowest BCUT2D eigenvalue weighted by atomic mass is 9.92. The molecule has 0 saturated heterocycles. The highest BCUT2D eigenvalue weighted by Gasteiger charge is 2.38. The van der Waals surface area contributed by atoms with E-state index < -0.39 is 0 Å². The Morgan fingerprint density at radius 2 is 1.96 bits per heavy atom. The number of pyridine rings is 2. The van der Waals surface area contributed by atoms with E-state index in [1.807, 2.05) is 42.2 Å². The highest BCUT2D eigenvalue weighted by Crippen LogP contribution is 2.40. The fourth-order valence-corrected chi connectivity index (χ4v) is 4.33. The molecule has 1 fully saturated rings. The van der Waals surface area contributed by atoms with Crippen molar-refractivity contribution in [1.29, 1.82) is 0 Å². The van der Waals surface area contributed by atoms with E-state index in [0.717, 1.165) is 46.3 Å². The number of nitrogens with zero attached hydrogens (tertiary/aromatic N) is 3. The number of carbonyl (C=O) groups is 1. The number of fused-ring (bicyclic) bond motifs is 2. The standard InChI is InChI=1S/C21H19ClN4O/c1-11-8-9-14(20(22)24-11)13-6-3-7-15-18(23)17-16(25-19(13)15)10-26(21(17)27)12-4-2-5-12/h3,6-9,12H,2,4-5,10H2,1H3,(H2,23,25). The summed E-state index contributed by atoms with van der Waals surface area (Å²) in [6.45, 7) is 2.44. The molecule has 1 aliphatic carbocycles. The Hall–Kier alpha value is -2.66. The van der Waals surface area contributed by atoms with Crippen LogP contribution < -0.4 is 5.73 Å². The molecule has 0 unspecified atom stereocenters. The second kappa shape index (κ2) is 5.92. The Bertz CT molecular complexity index is 1110. The number of halogens is 1. The van der Waals surface area contributed by atoms with Crippen LogP contribution >= 0.6 is 11.6 Å². The molecule has 1 aromatic carbocycles. The molecule has 2 aromatic heterocycles. The van der Waals surface area contributed by atoms with Crippen LogP contribution in [-0.4, -0.2) is 26.8 Å². The zero-order valence-electron chi connectivity index (χ0n) is 15.0. The first kappa shape index (κ1) is 16.5. The molecule has 0 atom stereocenters. The van der Waals surface area contributed by atoms with Crippen molar-refractivity contribution in [1.82, 2.24) is 14.9 Å². The van der Waals surface area contributed by atoms with Crippen LogP contribution in [0.15, 0.2) is 30.3 Å². The molecule has 5 nitrogen and oxygen atoms in total. The molecular formula is C21H19ClN4O. The number of nitrogen functional groups attached to an aromatic ring is 1. The van der Waals surface area contributed by atoms with Gasteiger partial charge < -0.3 is 10.6 Å². The van der Waals surface area contributed by atoms with Crippen LogP contribution in [0.4, 0.5) is 5.69 Å². The van der Waals surface area contributed by atoms with E-state index in [-0.39, 0.29) is 5.91 Å². The molecule has 1 saturated carbocycles. The molecule has 1 aliphatic heterocycles. The number of aryl methyl sites for hydroxylation is 1. The Labute approximate surface area is 162 Å². The van der Waals surface area contributed by atoms with Crippen molar-refractivity contribution in [2.75, 3.05) is 5.73 Å². The highest BCUT2D eigenvalue weighted by molar-refractivity contribution is 6.32. The molecule has 2 aliphatic rings. The van der Waals surface area contributed by atoms with Crippen molar-refractivity contribution in [3.8, 4) is 11.1 Å². The molecule has 136 valence electrons. The van der Waals surface area contributed by atoms with Gasteiger partial charge >= 0.3 is 0 Å². The summed E-state index contributed by atoms with van der Waals surface area (Å²) in [4.78, 5) is 24.1. The Balaban J connectivity index is 1.71. The minimum Gasteiger partial charge on any atom is -0.397 e. The maximum atomic E-state index is 12.9. The van der Waals surface area contributed by atoms with Crippen LogP contribution in [0.2, 0.25) is 5.15 Å². The molecule has 3 heterocycles. The number of anilines is 1. The average molecular weight is 379 g/mol. The Morgan fingerprint density at radius 3 is 2.67 bits per heavy atom. The number of para-hydroxylation sites is 1. The Kier molecular flexibility index (Phi) is 3.62. The van der Waals surface area contributed by atoms with Gasteiger partial charge in [-0.25, -0.2) is 9.97 Å². The lowest BCUT2D eigenvalue weighted by Gasteiger charge is -2.34. The predicted molar refractivity (Wildman–Crippen MR) is 107 cm³/mol. The number of carbonyl (C=O) groups excluding carboxylic acids is 1. The highest BCUT2D eigenvalue weighted by atomic mass is 35.5. The number of nitrogens with two attached hydrogens (primary N) is 1. The van der Waals surface area contributed by atoms with E-state index in [1.54, 1.807) is 0 Å². The third-order valence-corrected chi connectivity index (χ3v) is 6.01. The van der Waals surface area contributed by atoms with Crippen LogP contribution in [-0.2, 0) is 6.54 Å². The summed E-state index contributed by atoms with van der Waals surface area (Å²) in [7, 11) is 0. The molecule has 0 radical (unpaired) electrons. The minimum absolute atomic E-state index is 0.0158. The molecule has 1 amide bonds. The van der Waals surface area contributed by atoms with Crippen LogP contribution in [0, 0.1) is 6.92 Å². The van der Waals surface area contributed by atoms with Crippen molar-refractivity contribution in [2.24, 2.45) is 0 Å². The number of amides is 1. The van der Waals surface area contributed by atoms with E-state index in [1.165, 1.54) is 6.42 Å². The number of hydrogen-bond acceptors (Lipinski definition) is 4. The predicted octanol–water partition coefficient (Wildman–Crippen LogP) is 4.35. The van der Waals surface area contributed by atoms with E-state index >= 15 is 0 Å². The van der Waals surface area contributed by atoms with Crippen LogP contribution in [0.3, 0.4) is 0 Å². The monoisotopic (exact) mass is 378 g/mol. The molecule has 6 heteroatoms. The van der Waals surface area contributed by atoms with Crippen LogP contribution in [0.5, 0.6) is 0 Å². The van der Waals surface area contributed by atoms with Gasteiger partial charge in [0.15, 0.2) is 0 Å². The second-order valence-electron chi connectivity index (χ2n) is 7.36. The van der Waals surface area contributed by atoms with Crippen LogP contribution in [0.25, 0.3) is 22.0 Å². The van der Waals surface area contributed by atoms with Gasteiger partial charge in [-0.3, -0.25) is 4.79 Å². The summed E-state index contributed by atoms with van der Waals surface area (Å²) in [5, 5.41) is 1.22. The van der Waals surface area contributed by atoms with E-state index in [4.69, 9.17) is 22.3 Å². The van der Waals surface area contributed by atoms with Crippen molar-refractivity contribution in [3.05, 3.63) is 52.4 Å². The number of aromatic nitrogens is 2. The molecule has 27 heavy (non-hydrogen) atoms. The first-order chi connectivity index (χ1) is 13.0. The third kappa shape index (κ3) is 2.42. The van der Waals surface area contributed by atoms with Gasteiger partial charge in [0.1, 0.15) is 5.15 Å². The molecule has 0 bridgehead atoms. The first-order valence-corrected chi connectivity index (χ1v) is 9.58. The van der Waals surface area contributed by atoms with Gasteiger partial charge in [-0.15, -0.1) is 0 Å². The Morgan fingerprint density at radius 1 is 1.15 bits per heavy atom. The average Bonchev–Trinajstić information content (AvgIpc) is 2.90. The first-order valence-electron chi connectivity index (χ1n) is 9.20. The van der Waals surface area contributed by atoms with Gasteiger partial charge in [-0.2, -0.15) is 0 Å². The van der Waals surface area contributed by atoms with E-state index in [2.05, 4.69) is 4.98 Å². The lowest BCUT2D eigenvalue weighted by Crippen LogP contribution is -2.40. The summed E-state index contributed by atoms with van der Waals surface area (Å²) in [6.07, 6.45) is 3.31. The summed E-state index contributed by atoms with van der Waals surface area (Å²) in [5.74, 6) is 0.0158. The summed E-state index contributed by atoms with van der Waals surface area (Å²) in [5.41, 5.74) is 11.6. The van der Waals surface area contributed by atoms with Gasteiger partial charge in [-0.05, 0) is 38.3 Å². The summed E-state index contributed by atoms with van der Waals surface area (Å²) in [6, 6.07) is 10.0. The smallest absolute Gasteiger partial charge is 0.258 e. The van der Waals surface area contributed by atoms with E-state index in [0.29, 0.717) is 29.0 Å². The quantitative estimate of drug-likeness (QED) is 0.673. The van der Waals surface area contributed by atoms with Crippen LogP contribution in [0.1, 0.15) is 41.0 Å². The fraction of sp³-hybridized carbons (Fsp3) is 0.286. The number of rotatable bonds is 2. The van der Waals surface area contributed by atoms with Gasteiger partial charge in [0.2, 0.25) is 0 Å². The SMILES string of the molecule is Cc1ccc(-c2cccc3c(N)c4c(nc23)CN(C2CCC2)C4=O)c(Cl)n1. The fourth-order valence-electron chi connectivity index (χ4n) is 4.03. The maximum Gasteiger partial charge on any atom is 0.258 e. The van der Waals surface area contributed by atoms with E-state index in [9.17, 15) is 4.79 Å². The van der Waals surface area contributed by atoms with Gasteiger partial charge in [0.25, 0.3) is 5.91 Å². The van der Waals surface area contributed by atoms with Crippen molar-refractivity contribution in [2.45, 2.75) is 38.8 Å². The molecule has 0 spiro atoms. The molecule has 5 rings (SSSR count). The van der Waals surface area contributed by atoms with Crippen molar-refractivity contribution < 1.29 is 4.79 Å². The van der Waals surface area contributed by atoms with Gasteiger partial charge in [0, 0.05) is 28.2 Å². The van der Waals surface area contributed by atoms with Gasteiger partial charge in [-0.1, -0.05) is 29.8 Å². The van der Waals surface area contributed by atoms with Crippen molar-refractivity contribution in [3.63, 3.8) is 0 Å². The summed E-state index contributed by atoms with van der Waals surface area (Å²) < 4.78 is 0. The zero-order chi connectivity index (χ0) is 18.7. The third-order valence-electron chi connectivity index (χ3n) is 5.72. The minimum atomic E-state index is 0.0158.